The van der Waals surface area contributed by atoms with Gasteiger partial charge in [0.25, 0.3) is 0 Å². The van der Waals surface area contributed by atoms with Gasteiger partial charge in [-0.25, -0.2) is 0 Å². The molecule has 0 spiro atoms. The molecule has 21 heavy (non-hydrogen) atoms. The molecule has 1 heterocycles. The Morgan fingerprint density at radius 1 is 0.857 bits per heavy atom. The molecular formula is C20H41N. The summed E-state index contributed by atoms with van der Waals surface area (Å²) in [6.45, 7) is 15.6. The third-order valence-electron chi connectivity index (χ3n) is 5.55. The first-order valence-corrected chi connectivity index (χ1v) is 9.75. The molecule has 126 valence electrons. The molecule has 0 atom stereocenters. The Labute approximate surface area is 134 Å². The molecule has 2 rings (SSSR count). The summed E-state index contributed by atoms with van der Waals surface area (Å²) in [6, 6.07) is 0. The summed E-state index contributed by atoms with van der Waals surface area (Å²) in [5.74, 6) is 3.90. The fourth-order valence-corrected chi connectivity index (χ4v) is 4.01. The van der Waals surface area contributed by atoms with Crippen LogP contribution in [-0.4, -0.2) is 24.5 Å². The van der Waals surface area contributed by atoms with Crippen molar-refractivity contribution in [2.45, 2.75) is 86.0 Å². The third-order valence-corrected chi connectivity index (χ3v) is 5.55. The van der Waals surface area contributed by atoms with E-state index in [1.807, 2.05) is 0 Å². The second-order valence-corrected chi connectivity index (χ2v) is 8.15. The highest BCUT2D eigenvalue weighted by Crippen LogP contribution is 2.29. The average molecular weight is 296 g/mol. The van der Waals surface area contributed by atoms with Crippen LogP contribution in [0.1, 0.15) is 86.0 Å². The zero-order valence-electron chi connectivity index (χ0n) is 15.5. The van der Waals surface area contributed by atoms with Crippen LogP contribution in [-0.2, 0) is 0 Å². The Morgan fingerprint density at radius 2 is 1.43 bits per heavy atom. The van der Waals surface area contributed by atoms with E-state index in [4.69, 9.17) is 0 Å². The zero-order chi connectivity index (χ0) is 15.7. The Hall–Kier alpha value is -0.0400. The molecule has 0 bridgehead atoms. The lowest BCUT2D eigenvalue weighted by Gasteiger charge is -2.31. The maximum Gasteiger partial charge on any atom is -0.00162 e. The van der Waals surface area contributed by atoms with E-state index < -0.39 is 0 Å². The lowest BCUT2D eigenvalue weighted by molar-refractivity contribution is 0.178. The van der Waals surface area contributed by atoms with E-state index in [0.717, 1.165) is 23.7 Å². The van der Waals surface area contributed by atoms with Crippen LogP contribution in [0.3, 0.4) is 0 Å². The number of hydrogen-bond donors (Lipinski definition) is 0. The van der Waals surface area contributed by atoms with E-state index in [0.29, 0.717) is 0 Å². The molecule has 2 aliphatic rings. The molecule has 0 aromatic heterocycles. The van der Waals surface area contributed by atoms with Crippen LogP contribution in [0.4, 0.5) is 0 Å². The topological polar surface area (TPSA) is 3.24 Å². The monoisotopic (exact) mass is 295 g/mol. The Kier molecular flexibility index (Phi) is 9.64. The van der Waals surface area contributed by atoms with Crippen LogP contribution >= 0.6 is 0 Å². The number of piperidine rings is 1. The zero-order valence-corrected chi connectivity index (χ0v) is 15.5. The quantitative estimate of drug-likeness (QED) is 0.616. The fraction of sp³-hybridized carbons (Fsp3) is 1.00. The van der Waals surface area contributed by atoms with Gasteiger partial charge in [-0.3, -0.25) is 0 Å². The van der Waals surface area contributed by atoms with Crippen molar-refractivity contribution >= 4 is 0 Å². The van der Waals surface area contributed by atoms with Gasteiger partial charge in [0.15, 0.2) is 0 Å². The summed E-state index contributed by atoms with van der Waals surface area (Å²) in [6.07, 6.45) is 11.8. The van der Waals surface area contributed by atoms with E-state index in [9.17, 15) is 0 Å². The highest BCUT2D eigenvalue weighted by atomic mass is 15.1. The maximum atomic E-state index is 2.57. The lowest BCUT2D eigenvalue weighted by atomic mass is 9.82. The van der Waals surface area contributed by atoms with Crippen molar-refractivity contribution in [3.8, 4) is 0 Å². The molecule has 1 aliphatic heterocycles. The van der Waals surface area contributed by atoms with E-state index in [-0.39, 0.29) is 0 Å². The molecule has 1 heteroatoms. The first-order chi connectivity index (χ1) is 10.0. The Morgan fingerprint density at radius 3 is 1.81 bits per heavy atom. The molecule has 1 aliphatic carbocycles. The molecule has 0 amide bonds. The minimum Gasteiger partial charge on any atom is -0.304 e. The van der Waals surface area contributed by atoms with Crippen LogP contribution < -0.4 is 0 Å². The van der Waals surface area contributed by atoms with Crippen molar-refractivity contribution in [3.05, 3.63) is 0 Å². The molecule has 0 N–H and O–H groups in total. The minimum atomic E-state index is 0.892. The first kappa shape index (κ1) is 19.0. The van der Waals surface area contributed by atoms with Crippen molar-refractivity contribution in [2.24, 2.45) is 23.7 Å². The summed E-state index contributed by atoms with van der Waals surface area (Å²) in [5.41, 5.74) is 0. The summed E-state index contributed by atoms with van der Waals surface area (Å²) in [5, 5.41) is 0. The van der Waals surface area contributed by atoms with E-state index in [1.54, 1.807) is 0 Å². The first-order valence-electron chi connectivity index (χ1n) is 9.75. The molecule has 2 fully saturated rings. The van der Waals surface area contributed by atoms with E-state index >= 15 is 0 Å². The lowest BCUT2D eigenvalue weighted by Crippen LogP contribution is -2.33. The minimum absolute atomic E-state index is 0.892. The van der Waals surface area contributed by atoms with Crippen LogP contribution in [0, 0.1) is 23.7 Å². The smallest absolute Gasteiger partial charge is 0.00162 e. The van der Waals surface area contributed by atoms with Crippen LogP contribution in [0.2, 0.25) is 0 Å². The number of hydrogen-bond acceptors (Lipinski definition) is 1. The molecule has 0 aromatic carbocycles. The molecule has 1 saturated heterocycles. The fourth-order valence-electron chi connectivity index (χ4n) is 4.01. The predicted octanol–water partition coefficient (Wildman–Crippen LogP) is 5.99. The van der Waals surface area contributed by atoms with Gasteiger partial charge >= 0.3 is 0 Å². The van der Waals surface area contributed by atoms with Gasteiger partial charge in [0.1, 0.15) is 0 Å². The van der Waals surface area contributed by atoms with Crippen molar-refractivity contribution in [2.75, 3.05) is 19.6 Å². The number of nitrogens with zero attached hydrogens (tertiary/aromatic N) is 1. The molecule has 0 radical (unpaired) electrons. The summed E-state index contributed by atoms with van der Waals surface area (Å²) in [4.78, 5) is 2.57. The van der Waals surface area contributed by atoms with Crippen molar-refractivity contribution in [1.82, 2.24) is 4.90 Å². The third kappa shape index (κ3) is 8.24. The van der Waals surface area contributed by atoms with Crippen molar-refractivity contribution < 1.29 is 0 Å². The van der Waals surface area contributed by atoms with Crippen LogP contribution in [0.5, 0.6) is 0 Å². The van der Waals surface area contributed by atoms with Gasteiger partial charge in [-0.2, -0.15) is 0 Å². The largest absolute Gasteiger partial charge is 0.304 e. The standard InChI is InChI=1S/C11H23N.C9H18/c1-4-12-7-5-11(6-8-12)9-10(2)3;1-8(2)9-6-4-3-5-7-9/h10-11H,4-9H2,1-3H3;8-9H,3-7H2,1-2H3. The average Bonchev–Trinajstić information content (AvgIpc) is 2.49. The highest BCUT2D eigenvalue weighted by Gasteiger charge is 2.18. The molecular weight excluding hydrogens is 254 g/mol. The summed E-state index contributed by atoms with van der Waals surface area (Å²) >= 11 is 0. The van der Waals surface area contributed by atoms with Gasteiger partial charge < -0.3 is 4.90 Å². The summed E-state index contributed by atoms with van der Waals surface area (Å²) in [7, 11) is 0. The second-order valence-electron chi connectivity index (χ2n) is 8.15. The summed E-state index contributed by atoms with van der Waals surface area (Å²) < 4.78 is 0. The van der Waals surface area contributed by atoms with Gasteiger partial charge in [-0.05, 0) is 62.6 Å². The maximum absolute atomic E-state index is 2.57. The normalized spacial score (nSPS) is 22.4. The highest BCUT2D eigenvalue weighted by molar-refractivity contribution is 4.72. The van der Waals surface area contributed by atoms with Gasteiger partial charge in [0.05, 0.1) is 0 Å². The molecule has 1 nitrogen and oxygen atoms in total. The molecule has 0 unspecified atom stereocenters. The second kappa shape index (κ2) is 10.6. The Balaban J connectivity index is 0.000000219. The van der Waals surface area contributed by atoms with Gasteiger partial charge in [0.2, 0.25) is 0 Å². The molecule has 0 aromatic rings. The van der Waals surface area contributed by atoms with Gasteiger partial charge in [-0.15, -0.1) is 0 Å². The van der Waals surface area contributed by atoms with Gasteiger partial charge in [0, 0.05) is 0 Å². The number of rotatable bonds is 4. The van der Waals surface area contributed by atoms with Crippen LogP contribution in [0.25, 0.3) is 0 Å². The van der Waals surface area contributed by atoms with E-state index in [2.05, 4.69) is 39.5 Å². The molecule has 1 saturated carbocycles. The Bertz CT molecular complexity index is 232. The predicted molar refractivity (Wildman–Crippen MR) is 95.7 cm³/mol. The van der Waals surface area contributed by atoms with Gasteiger partial charge in [-0.1, -0.05) is 66.7 Å². The van der Waals surface area contributed by atoms with Crippen molar-refractivity contribution in [1.29, 1.82) is 0 Å². The SMILES string of the molecule is CC(C)C1CCCCC1.CCN1CCC(CC(C)C)CC1. The van der Waals surface area contributed by atoms with Crippen LogP contribution in [0.15, 0.2) is 0 Å². The number of likely N-dealkylation sites (tertiary alicyclic amines) is 1. The van der Waals surface area contributed by atoms with E-state index in [1.165, 1.54) is 71.0 Å². The van der Waals surface area contributed by atoms with Crippen molar-refractivity contribution in [3.63, 3.8) is 0 Å².